The first kappa shape index (κ1) is 22.4. The number of hydrogen-bond donors (Lipinski definition) is 1. The van der Waals surface area contributed by atoms with Gasteiger partial charge in [-0.05, 0) is 63.2 Å². The highest BCUT2D eigenvalue weighted by molar-refractivity contribution is 6.03. The highest BCUT2D eigenvalue weighted by Crippen LogP contribution is 2.47. The van der Waals surface area contributed by atoms with E-state index in [1.54, 1.807) is 19.9 Å². The lowest BCUT2D eigenvalue weighted by atomic mass is 9.64. The molecule has 1 N–H and O–H groups in total. The Kier molecular flexibility index (Phi) is 7.64. The number of carbonyl (C=O) groups is 2. The Morgan fingerprint density at radius 2 is 1.71 bits per heavy atom. The number of esters is 2. The van der Waals surface area contributed by atoms with Crippen LogP contribution in [-0.2, 0) is 19.1 Å². The molecule has 0 amide bonds. The number of carbonyl (C=O) groups excluding carboxylic acids is 2. The Morgan fingerprint density at radius 3 is 2.18 bits per heavy atom. The summed E-state index contributed by atoms with van der Waals surface area (Å²) in [6.07, 6.45) is 6.29. The van der Waals surface area contributed by atoms with Crippen molar-refractivity contribution in [2.75, 3.05) is 13.2 Å². The van der Waals surface area contributed by atoms with Crippen molar-refractivity contribution in [1.82, 2.24) is 0 Å². The SMILES string of the molecule is C=C(C)C1=CC(C(=O)OCC)(C(=O)OCC)C[C@H]([C@H](O)C2CCCCC2)C1=C. The molecule has 0 bridgehead atoms. The third kappa shape index (κ3) is 4.40. The van der Waals surface area contributed by atoms with Crippen molar-refractivity contribution in [2.24, 2.45) is 17.3 Å². The van der Waals surface area contributed by atoms with Gasteiger partial charge in [-0.15, -0.1) is 0 Å². The van der Waals surface area contributed by atoms with Crippen molar-refractivity contribution < 1.29 is 24.2 Å². The van der Waals surface area contributed by atoms with Crippen molar-refractivity contribution in [1.29, 1.82) is 0 Å². The smallest absolute Gasteiger partial charge is 0.327 e. The van der Waals surface area contributed by atoms with Crippen molar-refractivity contribution in [2.45, 2.75) is 65.4 Å². The van der Waals surface area contributed by atoms with E-state index in [1.807, 2.05) is 6.92 Å². The average molecular weight is 391 g/mol. The van der Waals surface area contributed by atoms with Crippen LogP contribution in [0.5, 0.6) is 0 Å². The van der Waals surface area contributed by atoms with Gasteiger partial charge in [-0.2, -0.15) is 0 Å². The zero-order valence-corrected chi connectivity index (χ0v) is 17.5. The van der Waals surface area contributed by atoms with Gasteiger partial charge < -0.3 is 14.6 Å². The van der Waals surface area contributed by atoms with E-state index in [0.717, 1.165) is 31.3 Å². The van der Waals surface area contributed by atoms with Crippen LogP contribution in [0.1, 0.15) is 59.3 Å². The Bertz CT molecular complexity index is 636. The predicted octanol–water partition coefficient (Wildman–Crippen LogP) is 4.12. The summed E-state index contributed by atoms with van der Waals surface area (Å²) in [5.74, 6) is -1.56. The normalized spacial score (nSPS) is 23.5. The van der Waals surface area contributed by atoms with Gasteiger partial charge in [0.25, 0.3) is 0 Å². The number of rotatable bonds is 7. The number of ether oxygens (including phenoxy) is 2. The highest BCUT2D eigenvalue weighted by atomic mass is 16.6. The van der Waals surface area contributed by atoms with Gasteiger partial charge in [-0.1, -0.05) is 38.0 Å². The maximum Gasteiger partial charge on any atom is 0.327 e. The van der Waals surface area contributed by atoms with Gasteiger partial charge in [0.1, 0.15) is 0 Å². The van der Waals surface area contributed by atoms with E-state index in [4.69, 9.17) is 9.47 Å². The molecule has 0 aliphatic heterocycles. The fraction of sp³-hybridized carbons (Fsp3) is 0.652. The summed E-state index contributed by atoms with van der Waals surface area (Å²) in [6, 6.07) is 0. The third-order valence-electron chi connectivity index (χ3n) is 6.01. The van der Waals surface area contributed by atoms with Gasteiger partial charge in [0, 0.05) is 5.92 Å². The Labute approximate surface area is 168 Å². The quantitative estimate of drug-likeness (QED) is 0.523. The lowest BCUT2D eigenvalue weighted by Gasteiger charge is -2.41. The van der Waals surface area contributed by atoms with Gasteiger partial charge in [-0.3, -0.25) is 9.59 Å². The number of allylic oxidation sites excluding steroid dienone is 2. The van der Waals surface area contributed by atoms with Crippen LogP contribution >= 0.6 is 0 Å². The van der Waals surface area contributed by atoms with Crippen LogP contribution in [0.15, 0.2) is 36.0 Å². The minimum absolute atomic E-state index is 0.109. The van der Waals surface area contributed by atoms with Crippen LogP contribution in [0.4, 0.5) is 0 Å². The Hall–Kier alpha value is -1.88. The summed E-state index contributed by atoms with van der Waals surface area (Å²) in [5, 5.41) is 11.2. The molecule has 0 aromatic rings. The maximum absolute atomic E-state index is 12.9. The molecule has 28 heavy (non-hydrogen) atoms. The van der Waals surface area contributed by atoms with E-state index in [-0.39, 0.29) is 25.6 Å². The van der Waals surface area contributed by atoms with E-state index in [2.05, 4.69) is 13.2 Å². The largest absolute Gasteiger partial charge is 0.465 e. The van der Waals surface area contributed by atoms with E-state index in [9.17, 15) is 14.7 Å². The topological polar surface area (TPSA) is 72.8 Å². The van der Waals surface area contributed by atoms with Crippen molar-refractivity contribution >= 4 is 11.9 Å². The number of hydrogen-bond acceptors (Lipinski definition) is 5. The van der Waals surface area contributed by atoms with Crippen LogP contribution in [0, 0.1) is 17.3 Å². The second-order valence-electron chi connectivity index (χ2n) is 7.98. The van der Waals surface area contributed by atoms with E-state index in [1.165, 1.54) is 6.42 Å². The van der Waals surface area contributed by atoms with Crippen LogP contribution < -0.4 is 0 Å². The Morgan fingerprint density at radius 1 is 1.18 bits per heavy atom. The average Bonchev–Trinajstić information content (AvgIpc) is 2.68. The predicted molar refractivity (Wildman–Crippen MR) is 108 cm³/mol. The highest BCUT2D eigenvalue weighted by Gasteiger charge is 2.53. The molecular weight excluding hydrogens is 356 g/mol. The summed E-state index contributed by atoms with van der Waals surface area (Å²) in [5.41, 5.74) is 0.493. The summed E-state index contributed by atoms with van der Waals surface area (Å²) >= 11 is 0. The molecule has 0 aromatic heterocycles. The Balaban J connectivity index is 2.50. The molecule has 0 spiro atoms. The van der Waals surface area contributed by atoms with Crippen molar-refractivity contribution in [3.8, 4) is 0 Å². The van der Waals surface area contributed by atoms with Gasteiger partial charge in [0.05, 0.1) is 19.3 Å². The molecule has 2 aliphatic rings. The number of aliphatic hydroxyl groups excluding tert-OH is 1. The first-order valence-corrected chi connectivity index (χ1v) is 10.4. The third-order valence-corrected chi connectivity index (χ3v) is 6.01. The molecule has 1 fully saturated rings. The minimum atomic E-state index is -1.58. The van der Waals surface area contributed by atoms with Crippen LogP contribution in [0.25, 0.3) is 0 Å². The van der Waals surface area contributed by atoms with E-state index < -0.39 is 29.4 Å². The van der Waals surface area contributed by atoms with Gasteiger partial charge in [0.15, 0.2) is 5.41 Å². The maximum atomic E-state index is 12.9. The van der Waals surface area contributed by atoms with Gasteiger partial charge in [-0.25, -0.2) is 0 Å². The van der Waals surface area contributed by atoms with Crippen LogP contribution in [0.3, 0.4) is 0 Å². The lowest BCUT2D eigenvalue weighted by Crippen LogP contribution is -2.47. The lowest BCUT2D eigenvalue weighted by molar-refractivity contribution is -0.170. The molecule has 2 aliphatic carbocycles. The monoisotopic (exact) mass is 390 g/mol. The molecule has 2 rings (SSSR count). The van der Waals surface area contributed by atoms with E-state index in [0.29, 0.717) is 11.1 Å². The van der Waals surface area contributed by atoms with Gasteiger partial charge >= 0.3 is 11.9 Å². The molecule has 0 radical (unpaired) electrons. The summed E-state index contributed by atoms with van der Waals surface area (Å²) < 4.78 is 10.5. The molecular formula is C23H34O5. The standard InChI is InChI=1S/C23H34O5/c1-6-27-21(25)23(22(26)28-7-2)13-18(15(3)4)16(5)19(14-23)20(24)17-11-9-8-10-12-17/h13,17,19-20,24H,3,5-12,14H2,1-2,4H3/t19-,20+/m0/s1. The molecule has 0 unspecified atom stereocenters. The van der Waals surface area contributed by atoms with E-state index >= 15 is 0 Å². The molecule has 1 saturated carbocycles. The first-order chi connectivity index (χ1) is 13.3. The molecule has 5 heteroatoms. The molecule has 0 heterocycles. The summed E-state index contributed by atoms with van der Waals surface area (Å²) in [4.78, 5) is 25.9. The fourth-order valence-corrected chi connectivity index (χ4v) is 4.48. The zero-order chi connectivity index (χ0) is 20.9. The first-order valence-electron chi connectivity index (χ1n) is 10.4. The number of aliphatic hydroxyl groups is 1. The zero-order valence-electron chi connectivity index (χ0n) is 17.5. The van der Waals surface area contributed by atoms with Crippen molar-refractivity contribution in [3.63, 3.8) is 0 Å². The molecule has 0 aromatic carbocycles. The fourth-order valence-electron chi connectivity index (χ4n) is 4.48. The second kappa shape index (κ2) is 9.55. The van der Waals surface area contributed by atoms with Crippen molar-refractivity contribution in [3.05, 3.63) is 36.0 Å². The summed E-state index contributed by atoms with van der Waals surface area (Å²) in [6.45, 7) is 13.7. The van der Waals surface area contributed by atoms with Crippen LogP contribution in [0.2, 0.25) is 0 Å². The second-order valence-corrected chi connectivity index (χ2v) is 7.98. The van der Waals surface area contributed by atoms with Gasteiger partial charge in [0.2, 0.25) is 0 Å². The molecule has 156 valence electrons. The minimum Gasteiger partial charge on any atom is -0.465 e. The molecule has 2 atom stereocenters. The summed E-state index contributed by atoms with van der Waals surface area (Å²) in [7, 11) is 0. The molecule has 0 saturated heterocycles. The molecule has 5 nitrogen and oxygen atoms in total. The van der Waals surface area contributed by atoms with Crippen LogP contribution in [-0.4, -0.2) is 36.4 Å².